The summed E-state index contributed by atoms with van der Waals surface area (Å²) in [6, 6.07) is 26.8. The van der Waals surface area contributed by atoms with Crippen molar-refractivity contribution in [2.75, 3.05) is 5.32 Å². The molecule has 1 saturated heterocycles. The fraction of sp³-hybridized carbons (Fsp3) is 0.194. The van der Waals surface area contributed by atoms with Crippen LogP contribution in [0.5, 0.6) is 0 Å². The molecule has 0 unspecified atom stereocenters. The van der Waals surface area contributed by atoms with Crippen LogP contribution in [0.1, 0.15) is 45.9 Å². The molecule has 1 fully saturated rings. The van der Waals surface area contributed by atoms with E-state index in [1.54, 1.807) is 18.3 Å². The summed E-state index contributed by atoms with van der Waals surface area (Å²) in [6.07, 6.45) is 4.64. The summed E-state index contributed by atoms with van der Waals surface area (Å²) in [7, 11) is 0. The molecule has 1 aliphatic heterocycles. The molecule has 0 radical (unpaired) electrons. The van der Waals surface area contributed by atoms with Crippen LogP contribution in [0.25, 0.3) is 11.0 Å². The number of carbonyl (C=O) groups excluding carboxylic acids is 1. The zero-order valence-corrected chi connectivity index (χ0v) is 21.2. The number of rotatable bonds is 7. The second kappa shape index (κ2) is 11.2. The Hall–Kier alpha value is -4.37. The number of pyridine rings is 1. The lowest BCUT2D eigenvalue weighted by molar-refractivity contribution is -0.252. The van der Waals surface area contributed by atoms with E-state index in [2.05, 4.69) is 25.9 Å². The van der Waals surface area contributed by atoms with Gasteiger partial charge in [0, 0.05) is 30.1 Å². The monoisotopic (exact) mass is 520 g/mol. The van der Waals surface area contributed by atoms with Crippen molar-refractivity contribution in [1.29, 1.82) is 0 Å². The second-order valence-corrected chi connectivity index (χ2v) is 9.56. The summed E-state index contributed by atoms with van der Waals surface area (Å²) in [5, 5.41) is 12.4. The molecular weight excluding hydrogens is 492 g/mol. The van der Waals surface area contributed by atoms with Crippen molar-refractivity contribution in [3.8, 4) is 0 Å². The highest BCUT2D eigenvalue weighted by molar-refractivity contribution is 6.04. The summed E-state index contributed by atoms with van der Waals surface area (Å²) >= 11 is 0. The van der Waals surface area contributed by atoms with Crippen LogP contribution in [0.15, 0.2) is 104 Å². The number of benzene rings is 3. The van der Waals surface area contributed by atoms with E-state index in [1.807, 2.05) is 73.1 Å². The van der Waals surface area contributed by atoms with Gasteiger partial charge in [0.15, 0.2) is 6.29 Å². The number of aromatic nitrogens is 3. The highest BCUT2D eigenvalue weighted by Gasteiger charge is 2.32. The lowest BCUT2D eigenvalue weighted by atomic mass is 10.00. The number of para-hydroxylation sites is 2. The van der Waals surface area contributed by atoms with E-state index in [0.29, 0.717) is 24.2 Å². The number of ether oxygens (including phenoxy) is 2. The zero-order chi connectivity index (χ0) is 26.6. The van der Waals surface area contributed by atoms with Crippen LogP contribution < -0.4 is 5.32 Å². The number of aliphatic hydroxyl groups is 1. The lowest BCUT2D eigenvalue weighted by Crippen LogP contribution is -2.32. The minimum Gasteiger partial charge on any atom is -0.392 e. The fourth-order valence-electron chi connectivity index (χ4n) is 4.87. The van der Waals surface area contributed by atoms with Gasteiger partial charge in [-0.25, -0.2) is 4.98 Å². The van der Waals surface area contributed by atoms with Gasteiger partial charge in [0.05, 0.1) is 48.3 Å². The van der Waals surface area contributed by atoms with Gasteiger partial charge in [-0.15, -0.1) is 0 Å². The van der Waals surface area contributed by atoms with Crippen molar-refractivity contribution in [3.05, 3.63) is 126 Å². The maximum atomic E-state index is 12.7. The first-order valence-corrected chi connectivity index (χ1v) is 12.9. The Balaban J connectivity index is 1.27. The standard InChI is InChI=1S/C31H28N4O4/c36-19-21-10-12-22(13-11-21)29-16-26(18-35-20-33-27-8-1-2-9-28(27)35)38-31(39-29)23-5-3-7-25(15-23)34-30(37)24-6-4-14-32-17-24/h1-15,17,20,26,29,31,36H,16,18-19H2,(H,34,37)/t26-,29+,31+/m1/s1. The number of hydrogen-bond donors (Lipinski definition) is 2. The SMILES string of the molecule is O=C(Nc1cccc([C@H]2O[C@@H](Cn3cnc4ccccc43)C[C@@H](c3ccc(CO)cc3)O2)c1)c1cccnc1. The number of aliphatic hydroxyl groups excluding tert-OH is 1. The van der Waals surface area contributed by atoms with E-state index in [0.717, 1.165) is 27.7 Å². The van der Waals surface area contributed by atoms with Crippen LogP contribution in [-0.4, -0.2) is 31.7 Å². The molecule has 5 aromatic rings. The first-order chi connectivity index (χ1) is 19.2. The predicted molar refractivity (Wildman–Crippen MR) is 147 cm³/mol. The highest BCUT2D eigenvalue weighted by atomic mass is 16.7. The molecule has 8 nitrogen and oxygen atoms in total. The molecule has 196 valence electrons. The third-order valence-electron chi connectivity index (χ3n) is 6.88. The molecule has 3 aromatic carbocycles. The van der Waals surface area contributed by atoms with E-state index in [1.165, 1.54) is 6.20 Å². The normalized spacial score (nSPS) is 19.2. The van der Waals surface area contributed by atoms with Gasteiger partial charge in [0.2, 0.25) is 0 Å². The third kappa shape index (κ3) is 5.58. The van der Waals surface area contributed by atoms with Gasteiger partial charge in [-0.3, -0.25) is 9.78 Å². The minimum atomic E-state index is -0.642. The van der Waals surface area contributed by atoms with Gasteiger partial charge in [-0.05, 0) is 47.5 Å². The number of nitrogens with one attached hydrogen (secondary N) is 1. The summed E-state index contributed by atoms with van der Waals surface area (Å²) < 4.78 is 15.1. The quantitative estimate of drug-likeness (QED) is 0.297. The molecule has 8 heteroatoms. The minimum absolute atomic E-state index is 0.00851. The molecule has 3 heterocycles. The van der Waals surface area contributed by atoms with E-state index in [9.17, 15) is 9.90 Å². The molecule has 0 aliphatic carbocycles. The number of anilines is 1. The van der Waals surface area contributed by atoms with E-state index >= 15 is 0 Å². The summed E-state index contributed by atoms with van der Waals surface area (Å²) in [5.74, 6) is -0.238. The summed E-state index contributed by atoms with van der Waals surface area (Å²) in [5.41, 5.74) is 5.77. The average Bonchev–Trinajstić information content (AvgIpc) is 3.40. The molecule has 1 amide bonds. The third-order valence-corrected chi connectivity index (χ3v) is 6.88. The molecule has 2 aromatic heterocycles. The first-order valence-electron chi connectivity index (χ1n) is 12.9. The molecule has 2 N–H and O–H groups in total. The van der Waals surface area contributed by atoms with Crippen molar-refractivity contribution in [3.63, 3.8) is 0 Å². The second-order valence-electron chi connectivity index (χ2n) is 9.56. The number of hydrogen-bond acceptors (Lipinski definition) is 6. The van der Waals surface area contributed by atoms with E-state index in [4.69, 9.17) is 9.47 Å². The van der Waals surface area contributed by atoms with Crippen LogP contribution in [-0.2, 0) is 22.6 Å². The van der Waals surface area contributed by atoms with Crippen molar-refractivity contribution in [2.24, 2.45) is 0 Å². The van der Waals surface area contributed by atoms with Crippen LogP contribution in [0.2, 0.25) is 0 Å². The fourth-order valence-corrected chi connectivity index (χ4v) is 4.87. The number of amides is 1. The van der Waals surface area contributed by atoms with Crippen molar-refractivity contribution >= 4 is 22.6 Å². The van der Waals surface area contributed by atoms with Gasteiger partial charge < -0.3 is 24.5 Å². The van der Waals surface area contributed by atoms with Gasteiger partial charge in [-0.2, -0.15) is 0 Å². The smallest absolute Gasteiger partial charge is 0.257 e. The maximum Gasteiger partial charge on any atom is 0.257 e. The Bertz CT molecular complexity index is 1570. The molecule has 3 atom stereocenters. The molecule has 39 heavy (non-hydrogen) atoms. The average molecular weight is 521 g/mol. The Morgan fingerprint density at radius 1 is 0.974 bits per heavy atom. The lowest BCUT2D eigenvalue weighted by Gasteiger charge is -2.36. The van der Waals surface area contributed by atoms with Crippen molar-refractivity contribution in [1.82, 2.24) is 14.5 Å². The Kier molecular flexibility index (Phi) is 7.14. The summed E-state index contributed by atoms with van der Waals surface area (Å²) in [6.45, 7) is 0.606. The highest BCUT2D eigenvalue weighted by Crippen LogP contribution is 2.39. The number of nitrogens with zero attached hydrogens (tertiary/aromatic N) is 3. The predicted octanol–water partition coefficient (Wildman–Crippen LogP) is 5.42. The Morgan fingerprint density at radius 2 is 1.85 bits per heavy atom. The maximum absolute atomic E-state index is 12.7. The topological polar surface area (TPSA) is 98.5 Å². The van der Waals surface area contributed by atoms with Gasteiger partial charge in [-0.1, -0.05) is 48.5 Å². The summed E-state index contributed by atoms with van der Waals surface area (Å²) in [4.78, 5) is 21.2. The molecular formula is C31H28N4O4. The van der Waals surface area contributed by atoms with Gasteiger partial charge in [0.25, 0.3) is 5.91 Å². The molecule has 0 saturated carbocycles. The van der Waals surface area contributed by atoms with Crippen LogP contribution in [0, 0.1) is 0 Å². The van der Waals surface area contributed by atoms with Crippen molar-refractivity contribution < 1.29 is 19.4 Å². The zero-order valence-electron chi connectivity index (χ0n) is 21.2. The Morgan fingerprint density at radius 3 is 2.67 bits per heavy atom. The van der Waals surface area contributed by atoms with Crippen LogP contribution >= 0.6 is 0 Å². The number of carbonyl (C=O) groups is 1. The molecule has 6 rings (SSSR count). The van der Waals surface area contributed by atoms with E-state index in [-0.39, 0.29) is 24.7 Å². The molecule has 0 spiro atoms. The van der Waals surface area contributed by atoms with E-state index < -0.39 is 6.29 Å². The van der Waals surface area contributed by atoms with Crippen LogP contribution in [0.4, 0.5) is 5.69 Å². The largest absolute Gasteiger partial charge is 0.392 e. The number of imidazole rings is 1. The molecule has 0 bridgehead atoms. The Labute approximate surface area is 225 Å². The first kappa shape index (κ1) is 24.9. The van der Waals surface area contributed by atoms with Gasteiger partial charge >= 0.3 is 0 Å². The van der Waals surface area contributed by atoms with Crippen molar-refractivity contribution in [2.45, 2.75) is 38.1 Å². The van der Waals surface area contributed by atoms with Crippen LogP contribution in [0.3, 0.4) is 0 Å². The molecule has 1 aliphatic rings. The van der Waals surface area contributed by atoms with Gasteiger partial charge in [0.1, 0.15) is 0 Å². The number of fused-ring (bicyclic) bond motifs is 1.